The number of H-pyrrole nitrogens is 1. The summed E-state index contributed by atoms with van der Waals surface area (Å²) in [5.74, 6) is 0. The third kappa shape index (κ3) is 2.67. The van der Waals surface area contributed by atoms with Crippen LogP contribution in [-0.2, 0) is 6.54 Å². The van der Waals surface area contributed by atoms with E-state index in [1.54, 1.807) is 0 Å². The monoisotopic (exact) mass is 201 g/mol. The first kappa shape index (κ1) is 9.93. The highest BCUT2D eigenvalue weighted by atomic mass is 14.9. The Balaban J connectivity index is 1.90. The van der Waals surface area contributed by atoms with Crippen molar-refractivity contribution in [3.8, 4) is 0 Å². The lowest BCUT2D eigenvalue weighted by Crippen LogP contribution is -2.18. The fourth-order valence-corrected chi connectivity index (χ4v) is 1.51. The Morgan fingerprint density at radius 2 is 2.13 bits per heavy atom. The number of nitrogens with one attached hydrogen (secondary N) is 2. The Morgan fingerprint density at radius 1 is 1.33 bits per heavy atom. The molecule has 0 amide bonds. The summed E-state index contributed by atoms with van der Waals surface area (Å²) in [7, 11) is 0. The van der Waals surface area contributed by atoms with Gasteiger partial charge >= 0.3 is 0 Å². The van der Waals surface area contributed by atoms with E-state index in [2.05, 4.69) is 28.3 Å². The van der Waals surface area contributed by atoms with E-state index in [0.29, 0.717) is 6.04 Å². The van der Waals surface area contributed by atoms with Gasteiger partial charge < -0.3 is 10.3 Å². The molecule has 15 heavy (non-hydrogen) atoms. The van der Waals surface area contributed by atoms with Crippen molar-refractivity contribution in [1.29, 1.82) is 0 Å². The standard InChI is InChI=1S/C12H15N3/c1-10(11-4-7-13-8-5-11)15-9-12-3-2-6-14-12/h2-8,10,14-15H,9H2,1H3/t10-/m0/s1. The van der Waals surface area contributed by atoms with Crippen molar-refractivity contribution >= 4 is 0 Å². The van der Waals surface area contributed by atoms with E-state index in [9.17, 15) is 0 Å². The van der Waals surface area contributed by atoms with Crippen LogP contribution in [0.3, 0.4) is 0 Å². The summed E-state index contributed by atoms with van der Waals surface area (Å²) in [6, 6.07) is 8.50. The van der Waals surface area contributed by atoms with Gasteiger partial charge in [-0.15, -0.1) is 0 Å². The van der Waals surface area contributed by atoms with Crippen molar-refractivity contribution in [1.82, 2.24) is 15.3 Å². The lowest BCUT2D eigenvalue weighted by atomic mass is 10.1. The molecule has 0 aliphatic carbocycles. The minimum absolute atomic E-state index is 0.344. The van der Waals surface area contributed by atoms with Crippen LogP contribution in [0.5, 0.6) is 0 Å². The van der Waals surface area contributed by atoms with Crippen molar-refractivity contribution in [2.45, 2.75) is 19.5 Å². The zero-order chi connectivity index (χ0) is 10.5. The van der Waals surface area contributed by atoms with Gasteiger partial charge in [-0.25, -0.2) is 0 Å². The summed E-state index contributed by atoms with van der Waals surface area (Å²) >= 11 is 0. The predicted molar refractivity (Wildman–Crippen MR) is 60.3 cm³/mol. The molecule has 0 radical (unpaired) electrons. The maximum atomic E-state index is 4.00. The topological polar surface area (TPSA) is 40.7 Å². The van der Waals surface area contributed by atoms with E-state index >= 15 is 0 Å². The van der Waals surface area contributed by atoms with Crippen LogP contribution in [0, 0.1) is 0 Å². The molecule has 0 aliphatic rings. The van der Waals surface area contributed by atoms with Gasteiger partial charge in [0, 0.05) is 36.9 Å². The normalized spacial score (nSPS) is 12.6. The second-order valence-electron chi connectivity index (χ2n) is 3.58. The lowest BCUT2D eigenvalue weighted by molar-refractivity contribution is 0.568. The molecule has 0 saturated carbocycles. The molecular weight excluding hydrogens is 186 g/mol. The molecule has 2 aromatic rings. The molecule has 0 unspecified atom stereocenters. The van der Waals surface area contributed by atoms with Crippen molar-refractivity contribution in [2.75, 3.05) is 0 Å². The SMILES string of the molecule is C[C@H](NCc1ccc[nH]1)c1ccncc1. The molecule has 0 fully saturated rings. The average molecular weight is 201 g/mol. The smallest absolute Gasteiger partial charge is 0.0362 e. The Bertz CT molecular complexity index is 381. The van der Waals surface area contributed by atoms with Crippen LogP contribution >= 0.6 is 0 Å². The number of nitrogens with zero attached hydrogens (tertiary/aromatic N) is 1. The molecule has 0 spiro atoms. The van der Waals surface area contributed by atoms with Crippen molar-refractivity contribution in [3.63, 3.8) is 0 Å². The number of aromatic nitrogens is 2. The summed E-state index contributed by atoms with van der Waals surface area (Å²) in [5, 5.41) is 3.44. The number of rotatable bonds is 4. The molecule has 0 aromatic carbocycles. The molecule has 0 aliphatic heterocycles. The maximum absolute atomic E-state index is 4.00. The molecule has 3 heteroatoms. The first-order chi connectivity index (χ1) is 7.36. The summed E-state index contributed by atoms with van der Waals surface area (Å²) in [6.45, 7) is 3.01. The first-order valence-corrected chi connectivity index (χ1v) is 5.12. The highest BCUT2D eigenvalue weighted by Gasteiger charge is 2.03. The molecule has 2 aromatic heterocycles. The number of hydrogen-bond acceptors (Lipinski definition) is 2. The van der Waals surface area contributed by atoms with Gasteiger partial charge in [-0.3, -0.25) is 4.98 Å². The first-order valence-electron chi connectivity index (χ1n) is 5.12. The summed E-state index contributed by atoms with van der Waals surface area (Å²) in [4.78, 5) is 7.17. The average Bonchev–Trinajstić information content (AvgIpc) is 2.80. The van der Waals surface area contributed by atoms with Crippen molar-refractivity contribution < 1.29 is 0 Å². The molecular formula is C12H15N3. The van der Waals surface area contributed by atoms with Gasteiger partial charge in [0.2, 0.25) is 0 Å². The maximum Gasteiger partial charge on any atom is 0.0362 e. The second kappa shape index (κ2) is 4.75. The van der Waals surface area contributed by atoms with Gasteiger partial charge in [-0.2, -0.15) is 0 Å². The highest BCUT2D eigenvalue weighted by Crippen LogP contribution is 2.10. The van der Waals surface area contributed by atoms with Gasteiger partial charge in [0.1, 0.15) is 0 Å². The highest BCUT2D eigenvalue weighted by molar-refractivity contribution is 5.14. The van der Waals surface area contributed by atoms with Gasteiger partial charge in [-0.05, 0) is 36.8 Å². The van der Waals surface area contributed by atoms with E-state index in [4.69, 9.17) is 0 Å². The van der Waals surface area contributed by atoms with E-state index in [-0.39, 0.29) is 0 Å². The van der Waals surface area contributed by atoms with Crippen molar-refractivity contribution in [3.05, 3.63) is 54.1 Å². The third-order valence-corrected chi connectivity index (χ3v) is 2.47. The Kier molecular flexibility index (Phi) is 3.15. The number of aromatic amines is 1. The summed E-state index contributed by atoms with van der Waals surface area (Å²) in [5.41, 5.74) is 2.47. The Labute approximate surface area is 89.6 Å². The molecule has 0 saturated heterocycles. The second-order valence-corrected chi connectivity index (χ2v) is 3.58. The largest absolute Gasteiger partial charge is 0.364 e. The minimum atomic E-state index is 0.344. The Morgan fingerprint density at radius 3 is 2.80 bits per heavy atom. The minimum Gasteiger partial charge on any atom is -0.364 e. The zero-order valence-corrected chi connectivity index (χ0v) is 8.77. The van der Waals surface area contributed by atoms with Gasteiger partial charge in [0.05, 0.1) is 0 Å². The zero-order valence-electron chi connectivity index (χ0n) is 8.77. The van der Waals surface area contributed by atoms with E-state index < -0.39 is 0 Å². The van der Waals surface area contributed by atoms with Crippen LogP contribution in [0.15, 0.2) is 42.9 Å². The molecule has 2 rings (SSSR count). The predicted octanol–water partition coefficient (Wildman–Crippen LogP) is 2.26. The third-order valence-electron chi connectivity index (χ3n) is 2.47. The van der Waals surface area contributed by atoms with Crippen LogP contribution in [-0.4, -0.2) is 9.97 Å². The molecule has 3 nitrogen and oxygen atoms in total. The lowest BCUT2D eigenvalue weighted by Gasteiger charge is -2.13. The summed E-state index contributed by atoms with van der Waals surface area (Å²) < 4.78 is 0. The van der Waals surface area contributed by atoms with Crippen LogP contribution in [0.4, 0.5) is 0 Å². The molecule has 78 valence electrons. The number of pyridine rings is 1. The molecule has 0 bridgehead atoms. The van der Waals surface area contributed by atoms with E-state index in [1.165, 1.54) is 11.3 Å². The fourth-order valence-electron chi connectivity index (χ4n) is 1.51. The fraction of sp³-hybridized carbons (Fsp3) is 0.250. The van der Waals surface area contributed by atoms with Gasteiger partial charge in [-0.1, -0.05) is 0 Å². The van der Waals surface area contributed by atoms with E-state index in [0.717, 1.165) is 6.54 Å². The van der Waals surface area contributed by atoms with Gasteiger partial charge in [0.15, 0.2) is 0 Å². The molecule has 2 heterocycles. The molecule has 2 N–H and O–H groups in total. The quantitative estimate of drug-likeness (QED) is 0.796. The number of hydrogen-bond donors (Lipinski definition) is 2. The van der Waals surface area contributed by atoms with Crippen molar-refractivity contribution in [2.24, 2.45) is 0 Å². The van der Waals surface area contributed by atoms with Crippen LogP contribution < -0.4 is 5.32 Å². The van der Waals surface area contributed by atoms with Crippen LogP contribution in [0.25, 0.3) is 0 Å². The Hall–Kier alpha value is -1.61. The van der Waals surface area contributed by atoms with E-state index in [1.807, 2.05) is 36.8 Å². The van der Waals surface area contributed by atoms with Crippen LogP contribution in [0.1, 0.15) is 24.2 Å². The van der Waals surface area contributed by atoms with Gasteiger partial charge in [0.25, 0.3) is 0 Å². The molecule has 1 atom stereocenters. The van der Waals surface area contributed by atoms with Crippen LogP contribution in [0.2, 0.25) is 0 Å². The summed E-state index contributed by atoms with van der Waals surface area (Å²) in [6.07, 6.45) is 5.58.